The summed E-state index contributed by atoms with van der Waals surface area (Å²) in [4.78, 5) is 2.27. The van der Waals surface area contributed by atoms with E-state index in [-0.39, 0.29) is 0 Å². The lowest BCUT2D eigenvalue weighted by Gasteiger charge is -2.24. The first kappa shape index (κ1) is 16.9. The Hall–Kier alpha value is -1.95. The van der Waals surface area contributed by atoms with Crippen molar-refractivity contribution in [3.8, 4) is 0 Å². The van der Waals surface area contributed by atoms with Gasteiger partial charge < -0.3 is 5.11 Å². The van der Waals surface area contributed by atoms with Crippen molar-refractivity contribution in [2.75, 3.05) is 6.54 Å². The molecule has 0 fully saturated rings. The molecular formula is C19H23N3OS. The highest BCUT2D eigenvalue weighted by Gasteiger charge is 2.15. The number of hydrogen-bond donors (Lipinski definition) is 1. The van der Waals surface area contributed by atoms with Gasteiger partial charge in [0, 0.05) is 37.9 Å². The lowest BCUT2D eigenvalue weighted by molar-refractivity contribution is 0.105. The predicted octanol–water partition coefficient (Wildman–Crippen LogP) is 3.70. The summed E-state index contributed by atoms with van der Waals surface area (Å²) >= 11 is 1.62. The number of rotatable bonds is 8. The molecule has 0 bridgehead atoms. The van der Waals surface area contributed by atoms with Crippen LogP contribution in [0.15, 0.2) is 59.6 Å². The molecule has 3 aromatic rings. The molecule has 0 amide bonds. The molecule has 0 saturated carbocycles. The van der Waals surface area contributed by atoms with E-state index in [1.807, 2.05) is 33.8 Å². The fourth-order valence-electron chi connectivity index (χ4n) is 2.76. The summed E-state index contributed by atoms with van der Waals surface area (Å²) in [6, 6.07) is 12.4. The van der Waals surface area contributed by atoms with Gasteiger partial charge in [-0.25, -0.2) is 0 Å². The highest BCUT2D eigenvalue weighted by atomic mass is 32.1. The van der Waals surface area contributed by atoms with Gasteiger partial charge in [0.15, 0.2) is 0 Å². The van der Waals surface area contributed by atoms with Crippen LogP contribution < -0.4 is 0 Å². The monoisotopic (exact) mass is 341 g/mol. The van der Waals surface area contributed by atoms with Crippen molar-refractivity contribution < 1.29 is 5.11 Å². The first-order valence-electron chi connectivity index (χ1n) is 8.22. The molecule has 2 heterocycles. The molecule has 126 valence electrons. The number of benzene rings is 1. The molecule has 3 rings (SSSR count). The Morgan fingerprint density at radius 2 is 1.96 bits per heavy atom. The largest absolute Gasteiger partial charge is 0.387 e. The summed E-state index contributed by atoms with van der Waals surface area (Å²) in [5.74, 6) is 0. The van der Waals surface area contributed by atoms with E-state index in [4.69, 9.17) is 0 Å². The number of aliphatic hydroxyl groups excluding tert-OH is 1. The van der Waals surface area contributed by atoms with Crippen molar-refractivity contribution in [1.82, 2.24) is 14.7 Å². The predicted molar refractivity (Wildman–Crippen MR) is 97.7 cm³/mol. The summed E-state index contributed by atoms with van der Waals surface area (Å²) in [5, 5.41) is 18.9. The zero-order valence-electron chi connectivity index (χ0n) is 13.9. The van der Waals surface area contributed by atoms with E-state index in [2.05, 4.69) is 47.4 Å². The third-order valence-corrected chi connectivity index (χ3v) is 4.73. The molecule has 0 aliphatic carbocycles. The molecule has 24 heavy (non-hydrogen) atoms. The average Bonchev–Trinajstić information content (AvgIpc) is 3.27. The zero-order valence-corrected chi connectivity index (χ0v) is 14.7. The number of hydrogen-bond acceptors (Lipinski definition) is 4. The summed E-state index contributed by atoms with van der Waals surface area (Å²) in [5.41, 5.74) is 3.41. The van der Waals surface area contributed by atoms with Gasteiger partial charge in [-0.05, 0) is 34.9 Å². The van der Waals surface area contributed by atoms with Crippen molar-refractivity contribution in [1.29, 1.82) is 0 Å². The minimum absolute atomic E-state index is 0.471. The van der Waals surface area contributed by atoms with Gasteiger partial charge >= 0.3 is 0 Å². The van der Waals surface area contributed by atoms with Gasteiger partial charge in [0.2, 0.25) is 0 Å². The maximum Gasteiger partial charge on any atom is 0.0925 e. The fourth-order valence-corrected chi connectivity index (χ4v) is 3.47. The fraction of sp³-hybridized carbons (Fsp3) is 0.316. The molecule has 0 aliphatic heterocycles. The number of aromatic nitrogens is 2. The summed E-state index contributed by atoms with van der Waals surface area (Å²) in [7, 11) is 0. The summed E-state index contributed by atoms with van der Waals surface area (Å²) in [6.07, 6.45) is 3.52. The quantitative estimate of drug-likeness (QED) is 0.679. The standard InChI is InChI=1S/C19H23N3OS/c1-2-22-13-17(10-20-22)12-21(11-16-6-4-3-5-7-16)14-19(23)18-8-9-24-15-18/h3-10,13,15,19,23H,2,11-12,14H2,1H3. The van der Waals surface area contributed by atoms with Gasteiger partial charge in [-0.1, -0.05) is 30.3 Å². The van der Waals surface area contributed by atoms with Crippen LogP contribution in [0, 0.1) is 0 Å². The Morgan fingerprint density at radius 3 is 2.62 bits per heavy atom. The van der Waals surface area contributed by atoms with Crippen LogP contribution in [-0.4, -0.2) is 26.3 Å². The molecule has 1 atom stereocenters. The molecule has 1 N–H and O–H groups in total. The van der Waals surface area contributed by atoms with Crippen LogP contribution >= 0.6 is 11.3 Å². The average molecular weight is 341 g/mol. The highest BCUT2D eigenvalue weighted by molar-refractivity contribution is 7.07. The normalized spacial score (nSPS) is 12.6. The van der Waals surface area contributed by atoms with E-state index in [1.54, 1.807) is 11.3 Å². The van der Waals surface area contributed by atoms with E-state index >= 15 is 0 Å². The first-order chi connectivity index (χ1) is 11.7. The molecule has 0 spiro atoms. The molecule has 2 aromatic heterocycles. The van der Waals surface area contributed by atoms with Crippen molar-refractivity contribution >= 4 is 11.3 Å². The van der Waals surface area contributed by atoms with Crippen molar-refractivity contribution in [2.24, 2.45) is 0 Å². The van der Waals surface area contributed by atoms with E-state index in [0.717, 1.165) is 25.2 Å². The number of aryl methyl sites for hydroxylation is 1. The second kappa shape index (κ2) is 8.24. The SMILES string of the molecule is CCn1cc(CN(Cc2ccccc2)CC(O)c2ccsc2)cn1. The van der Waals surface area contributed by atoms with Crippen LogP contribution in [-0.2, 0) is 19.6 Å². The Balaban J connectivity index is 1.72. The van der Waals surface area contributed by atoms with Crippen molar-refractivity contribution in [3.05, 3.63) is 76.2 Å². The Bertz CT molecular complexity index is 724. The maximum atomic E-state index is 10.5. The van der Waals surface area contributed by atoms with Crippen LogP contribution in [0.4, 0.5) is 0 Å². The maximum absolute atomic E-state index is 10.5. The van der Waals surface area contributed by atoms with Crippen molar-refractivity contribution in [2.45, 2.75) is 32.7 Å². The molecule has 4 nitrogen and oxygen atoms in total. The van der Waals surface area contributed by atoms with Gasteiger partial charge in [0.1, 0.15) is 0 Å². The zero-order chi connectivity index (χ0) is 16.8. The topological polar surface area (TPSA) is 41.3 Å². The number of aliphatic hydroxyl groups is 1. The van der Waals surface area contributed by atoms with Gasteiger partial charge in [-0.15, -0.1) is 0 Å². The van der Waals surface area contributed by atoms with E-state index in [9.17, 15) is 5.11 Å². The third kappa shape index (κ3) is 4.54. The molecule has 0 saturated heterocycles. The highest BCUT2D eigenvalue weighted by Crippen LogP contribution is 2.20. The van der Waals surface area contributed by atoms with Crippen LogP contribution in [0.5, 0.6) is 0 Å². The minimum Gasteiger partial charge on any atom is -0.387 e. The molecule has 0 radical (unpaired) electrons. The summed E-state index contributed by atoms with van der Waals surface area (Å²) < 4.78 is 1.94. The Morgan fingerprint density at radius 1 is 1.17 bits per heavy atom. The molecule has 5 heteroatoms. The Labute approximate surface area is 147 Å². The molecule has 1 unspecified atom stereocenters. The van der Waals surface area contributed by atoms with Gasteiger partial charge in [0.05, 0.1) is 12.3 Å². The van der Waals surface area contributed by atoms with E-state index in [1.165, 1.54) is 11.1 Å². The second-order valence-corrected chi connectivity index (χ2v) is 6.71. The molecule has 0 aliphatic rings. The lowest BCUT2D eigenvalue weighted by Crippen LogP contribution is -2.27. The van der Waals surface area contributed by atoms with Gasteiger partial charge in [-0.3, -0.25) is 9.58 Å². The van der Waals surface area contributed by atoms with Gasteiger partial charge in [0.25, 0.3) is 0 Å². The third-order valence-electron chi connectivity index (χ3n) is 4.02. The second-order valence-electron chi connectivity index (χ2n) is 5.93. The Kier molecular flexibility index (Phi) is 5.80. The van der Waals surface area contributed by atoms with Crippen LogP contribution in [0.3, 0.4) is 0 Å². The number of thiophene rings is 1. The first-order valence-corrected chi connectivity index (χ1v) is 9.16. The van der Waals surface area contributed by atoms with Crippen LogP contribution in [0.1, 0.15) is 29.7 Å². The lowest BCUT2D eigenvalue weighted by atomic mass is 10.1. The van der Waals surface area contributed by atoms with Crippen LogP contribution in [0.2, 0.25) is 0 Å². The molecule has 1 aromatic carbocycles. The van der Waals surface area contributed by atoms with Crippen LogP contribution in [0.25, 0.3) is 0 Å². The molecular weight excluding hydrogens is 318 g/mol. The smallest absolute Gasteiger partial charge is 0.0925 e. The minimum atomic E-state index is -0.471. The van der Waals surface area contributed by atoms with E-state index < -0.39 is 6.10 Å². The summed E-state index contributed by atoms with van der Waals surface area (Å²) in [6.45, 7) is 5.13. The van der Waals surface area contributed by atoms with Crippen molar-refractivity contribution in [3.63, 3.8) is 0 Å². The number of nitrogens with zero attached hydrogens (tertiary/aromatic N) is 3. The van der Waals surface area contributed by atoms with E-state index in [0.29, 0.717) is 6.54 Å². The van der Waals surface area contributed by atoms with Gasteiger partial charge in [-0.2, -0.15) is 16.4 Å².